The number of thioether (sulfide) groups is 1. The Hall–Kier alpha value is -1.81. The van der Waals surface area contributed by atoms with E-state index in [0.717, 1.165) is 5.75 Å². The maximum Gasteiger partial charge on any atom is 0.326 e. The molecule has 0 spiro atoms. The largest absolute Gasteiger partial charge is 0.480 e. The van der Waals surface area contributed by atoms with E-state index in [2.05, 4.69) is 16.0 Å². The van der Waals surface area contributed by atoms with Crippen molar-refractivity contribution in [2.24, 2.45) is 23.5 Å². The number of carboxylic acids is 1. The zero-order valence-corrected chi connectivity index (χ0v) is 22.0. The van der Waals surface area contributed by atoms with Gasteiger partial charge in [0.2, 0.25) is 17.7 Å². The smallest absolute Gasteiger partial charge is 0.326 e. The van der Waals surface area contributed by atoms with Gasteiger partial charge in [-0.3, -0.25) is 14.4 Å². The highest BCUT2D eigenvalue weighted by Gasteiger charge is 2.34. The molecular weight excluding hydrogens is 444 g/mol. The molecular formula is C23H44N4O5S. The highest BCUT2D eigenvalue weighted by molar-refractivity contribution is 7.98. The van der Waals surface area contributed by atoms with E-state index in [0.29, 0.717) is 19.3 Å². The number of hydrogen-bond donors (Lipinski definition) is 5. The Labute approximate surface area is 202 Å². The normalized spacial score (nSPS) is 16.8. The van der Waals surface area contributed by atoms with Gasteiger partial charge in [0.15, 0.2) is 0 Å². The van der Waals surface area contributed by atoms with Crippen LogP contribution in [0.3, 0.4) is 0 Å². The minimum absolute atomic E-state index is 0.0725. The summed E-state index contributed by atoms with van der Waals surface area (Å²) in [5, 5.41) is 17.6. The Morgan fingerprint density at radius 1 is 0.848 bits per heavy atom. The molecule has 0 bridgehead atoms. The SMILES string of the molecule is CC[C@H](C)[C@H](NC(=O)[C@@H](NC(=O)[C@@H](N)CCSC)[C@@H](C)CC)C(=O)N[C@@H](CC(C)C)C(=O)O. The standard InChI is InChI=1S/C23H44N4O5S/c1-8-14(5)18(21(29)25-17(23(31)32)12-13(3)4)27-22(30)19(15(6)9-2)26-20(28)16(24)10-11-33-7/h13-19H,8-12,24H2,1-7H3,(H,25,29)(H,26,28)(H,27,30)(H,31,32)/t14-,15-,16-,17-,18-,19-/m0/s1. The summed E-state index contributed by atoms with van der Waals surface area (Å²) in [6.07, 6.45) is 3.93. The van der Waals surface area contributed by atoms with E-state index in [4.69, 9.17) is 5.73 Å². The average Bonchev–Trinajstić information content (AvgIpc) is 2.76. The van der Waals surface area contributed by atoms with Crippen LogP contribution in [0.4, 0.5) is 0 Å². The second-order valence-corrected chi connectivity index (χ2v) is 10.1. The van der Waals surface area contributed by atoms with E-state index < -0.39 is 47.9 Å². The predicted molar refractivity (Wildman–Crippen MR) is 133 cm³/mol. The van der Waals surface area contributed by atoms with Crippen molar-refractivity contribution in [3.63, 3.8) is 0 Å². The van der Waals surface area contributed by atoms with Crippen LogP contribution in [-0.2, 0) is 19.2 Å². The van der Waals surface area contributed by atoms with Crippen molar-refractivity contribution < 1.29 is 24.3 Å². The van der Waals surface area contributed by atoms with Gasteiger partial charge in [0, 0.05) is 0 Å². The van der Waals surface area contributed by atoms with Crippen molar-refractivity contribution >= 4 is 35.5 Å². The fourth-order valence-corrected chi connectivity index (χ4v) is 3.73. The molecule has 0 aliphatic heterocycles. The van der Waals surface area contributed by atoms with Crippen LogP contribution in [0.25, 0.3) is 0 Å². The molecule has 0 aromatic heterocycles. The number of rotatable bonds is 16. The van der Waals surface area contributed by atoms with Gasteiger partial charge in [0.1, 0.15) is 18.1 Å². The third-order valence-electron chi connectivity index (χ3n) is 5.88. The Bertz CT molecular complexity index is 646. The molecule has 0 aromatic carbocycles. The molecule has 0 rings (SSSR count). The molecule has 33 heavy (non-hydrogen) atoms. The Morgan fingerprint density at radius 3 is 1.70 bits per heavy atom. The van der Waals surface area contributed by atoms with E-state index in [1.807, 2.05) is 47.8 Å². The summed E-state index contributed by atoms with van der Waals surface area (Å²) in [7, 11) is 0. The van der Waals surface area contributed by atoms with Crippen LogP contribution >= 0.6 is 11.8 Å². The number of carbonyl (C=O) groups is 4. The van der Waals surface area contributed by atoms with Crippen LogP contribution < -0.4 is 21.7 Å². The van der Waals surface area contributed by atoms with Gasteiger partial charge >= 0.3 is 5.97 Å². The van der Waals surface area contributed by atoms with Crippen molar-refractivity contribution in [2.45, 2.75) is 91.4 Å². The van der Waals surface area contributed by atoms with Crippen LogP contribution in [0, 0.1) is 17.8 Å². The zero-order valence-electron chi connectivity index (χ0n) is 21.1. The van der Waals surface area contributed by atoms with Gasteiger partial charge < -0.3 is 26.8 Å². The van der Waals surface area contributed by atoms with Crippen molar-refractivity contribution in [1.29, 1.82) is 0 Å². The molecule has 0 saturated carbocycles. The number of nitrogens with one attached hydrogen (secondary N) is 3. The molecule has 0 unspecified atom stereocenters. The molecule has 0 heterocycles. The lowest BCUT2D eigenvalue weighted by atomic mass is 9.94. The number of carbonyl (C=O) groups excluding carboxylic acids is 3. The second kappa shape index (κ2) is 15.9. The molecule has 0 aliphatic rings. The molecule has 10 heteroatoms. The third kappa shape index (κ3) is 11.2. The second-order valence-electron chi connectivity index (χ2n) is 9.16. The van der Waals surface area contributed by atoms with Crippen molar-refractivity contribution in [2.75, 3.05) is 12.0 Å². The average molecular weight is 489 g/mol. The maximum atomic E-state index is 13.2. The molecule has 192 valence electrons. The molecule has 6 N–H and O–H groups in total. The van der Waals surface area contributed by atoms with E-state index >= 15 is 0 Å². The molecule has 3 amide bonds. The van der Waals surface area contributed by atoms with Gasteiger partial charge in [-0.2, -0.15) is 11.8 Å². The number of nitrogens with two attached hydrogens (primary N) is 1. The summed E-state index contributed by atoms with van der Waals surface area (Å²) in [5.41, 5.74) is 5.96. The van der Waals surface area contributed by atoms with Gasteiger partial charge in [0.25, 0.3) is 0 Å². The number of hydrogen-bond acceptors (Lipinski definition) is 6. The summed E-state index contributed by atoms with van der Waals surface area (Å²) >= 11 is 1.59. The van der Waals surface area contributed by atoms with Crippen molar-refractivity contribution in [3.05, 3.63) is 0 Å². The lowest BCUT2D eigenvalue weighted by Gasteiger charge is -2.30. The molecule has 0 fully saturated rings. The first-order chi connectivity index (χ1) is 15.4. The highest BCUT2D eigenvalue weighted by Crippen LogP contribution is 2.14. The quantitative estimate of drug-likeness (QED) is 0.222. The topological polar surface area (TPSA) is 151 Å². The predicted octanol–water partition coefficient (Wildman–Crippen LogP) is 1.74. The molecule has 0 aromatic rings. The minimum Gasteiger partial charge on any atom is -0.480 e. The maximum absolute atomic E-state index is 13.2. The summed E-state index contributed by atoms with van der Waals surface area (Å²) in [5.74, 6) is -2.17. The molecule has 9 nitrogen and oxygen atoms in total. The zero-order chi connectivity index (χ0) is 25.7. The highest BCUT2D eigenvalue weighted by atomic mass is 32.2. The number of carboxylic acid groups (broad SMARTS) is 1. The van der Waals surface area contributed by atoms with Crippen LogP contribution in [0.5, 0.6) is 0 Å². The molecule has 0 aliphatic carbocycles. The fourth-order valence-electron chi connectivity index (χ4n) is 3.24. The first-order valence-corrected chi connectivity index (χ1v) is 13.2. The van der Waals surface area contributed by atoms with E-state index in [1.165, 1.54) is 0 Å². The van der Waals surface area contributed by atoms with Crippen LogP contribution in [0.2, 0.25) is 0 Å². The van der Waals surface area contributed by atoms with Crippen LogP contribution in [-0.4, -0.2) is 65.0 Å². The summed E-state index contributed by atoms with van der Waals surface area (Å²) in [6.45, 7) is 11.2. The first-order valence-electron chi connectivity index (χ1n) is 11.8. The summed E-state index contributed by atoms with van der Waals surface area (Å²) in [4.78, 5) is 50.3. The number of aliphatic carboxylic acids is 1. The summed E-state index contributed by atoms with van der Waals surface area (Å²) in [6, 6.07) is -3.54. The lowest BCUT2D eigenvalue weighted by Crippen LogP contribution is -2.60. The third-order valence-corrected chi connectivity index (χ3v) is 6.52. The monoisotopic (exact) mass is 488 g/mol. The van der Waals surface area contributed by atoms with Crippen molar-refractivity contribution in [3.8, 4) is 0 Å². The molecule has 0 saturated heterocycles. The van der Waals surface area contributed by atoms with E-state index in [1.54, 1.807) is 11.8 Å². The number of amides is 3. The molecule has 0 radical (unpaired) electrons. The van der Waals surface area contributed by atoms with E-state index in [9.17, 15) is 24.3 Å². The summed E-state index contributed by atoms with van der Waals surface area (Å²) < 4.78 is 0. The fraction of sp³-hybridized carbons (Fsp3) is 0.826. The Kier molecular flexibility index (Phi) is 15.1. The van der Waals surface area contributed by atoms with Gasteiger partial charge in [-0.1, -0.05) is 54.4 Å². The van der Waals surface area contributed by atoms with Gasteiger partial charge in [-0.05, 0) is 42.6 Å². The van der Waals surface area contributed by atoms with Gasteiger partial charge in [-0.25, -0.2) is 4.79 Å². The Balaban J connectivity index is 5.56. The van der Waals surface area contributed by atoms with Crippen molar-refractivity contribution in [1.82, 2.24) is 16.0 Å². The van der Waals surface area contributed by atoms with Gasteiger partial charge in [0.05, 0.1) is 6.04 Å². The Morgan fingerprint density at radius 2 is 1.30 bits per heavy atom. The lowest BCUT2D eigenvalue weighted by molar-refractivity contribution is -0.143. The van der Waals surface area contributed by atoms with Crippen LogP contribution in [0.1, 0.15) is 67.2 Å². The molecule has 6 atom stereocenters. The van der Waals surface area contributed by atoms with E-state index in [-0.39, 0.29) is 24.2 Å². The van der Waals surface area contributed by atoms with Crippen LogP contribution in [0.15, 0.2) is 0 Å². The van der Waals surface area contributed by atoms with Gasteiger partial charge in [-0.15, -0.1) is 0 Å². The first kappa shape index (κ1) is 31.2. The minimum atomic E-state index is -1.12.